The van der Waals surface area contributed by atoms with Crippen LogP contribution in [0.25, 0.3) is 0 Å². The third-order valence-electron chi connectivity index (χ3n) is 24.3. The summed E-state index contributed by atoms with van der Waals surface area (Å²) in [6, 6.07) is 0. The molecule has 6 saturated carbocycles. The number of allylic oxidation sites excluding steroid dienone is 2. The molecule has 0 radical (unpaired) electrons. The monoisotopic (exact) mass is 983 g/mol. The molecule has 0 aromatic heterocycles. The van der Waals surface area contributed by atoms with E-state index in [1.807, 2.05) is 0 Å². The Morgan fingerprint density at radius 2 is 0.958 bits per heavy atom. The van der Waals surface area contributed by atoms with Crippen LogP contribution in [-0.2, 0) is 14.2 Å². The van der Waals surface area contributed by atoms with Crippen molar-refractivity contribution in [2.75, 3.05) is 65.7 Å². The quantitative estimate of drug-likeness (QED) is 0.128. The van der Waals surface area contributed by atoms with Gasteiger partial charge in [-0.15, -0.1) is 0 Å². The van der Waals surface area contributed by atoms with Crippen molar-refractivity contribution in [1.82, 2.24) is 9.80 Å². The summed E-state index contributed by atoms with van der Waals surface area (Å²) in [7, 11) is 0. The van der Waals surface area contributed by atoms with Crippen LogP contribution in [0.5, 0.6) is 0 Å². The molecule has 5 nitrogen and oxygen atoms in total. The minimum Gasteiger partial charge on any atom is -0.379 e. The highest BCUT2D eigenvalue weighted by atomic mass is 16.5. The molecular weight excluding hydrogens is 869 g/mol. The van der Waals surface area contributed by atoms with Gasteiger partial charge in [0.15, 0.2) is 0 Å². The summed E-state index contributed by atoms with van der Waals surface area (Å²) >= 11 is 0. The number of morpholine rings is 1. The topological polar surface area (TPSA) is 34.2 Å². The first kappa shape index (κ1) is 55.0. The van der Waals surface area contributed by atoms with Crippen molar-refractivity contribution in [1.29, 1.82) is 0 Å². The second-order valence-electron chi connectivity index (χ2n) is 29.1. The Bertz CT molecular complexity index is 1740. The van der Waals surface area contributed by atoms with Gasteiger partial charge in [-0.3, -0.25) is 4.90 Å². The largest absolute Gasteiger partial charge is 0.379 e. The molecule has 2 aliphatic heterocycles. The van der Waals surface area contributed by atoms with E-state index in [2.05, 4.69) is 91.2 Å². The molecule has 0 bridgehead atoms. The highest BCUT2D eigenvalue weighted by Crippen LogP contribution is 2.69. The van der Waals surface area contributed by atoms with E-state index in [0.717, 1.165) is 124 Å². The van der Waals surface area contributed by atoms with Crippen LogP contribution in [-0.4, -0.2) is 87.7 Å². The Labute approximate surface area is 439 Å². The van der Waals surface area contributed by atoms with Crippen molar-refractivity contribution in [3.8, 4) is 0 Å². The molecule has 0 unspecified atom stereocenters. The van der Waals surface area contributed by atoms with Gasteiger partial charge in [-0.05, 0) is 221 Å². The Hall–Kier alpha value is -0.720. The van der Waals surface area contributed by atoms with Crippen LogP contribution in [0.2, 0.25) is 0 Å². The fraction of sp³-hybridized carbons (Fsp3) is 0.939. The third-order valence-corrected chi connectivity index (χ3v) is 24.3. The van der Waals surface area contributed by atoms with Crippen LogP contribution in [0.4, 0.5) is 0 Å². The first-order valence-corrected chi connectivity index (χ1v) is 31.8. The average molecular weight is 984 g/mol. The maximum Gasteiger partial charge on any atom is 0.0613 e. The number of nitrogens with zero attached hydrogens (tertiary/aromatic N) is 2. The lowest BCUT2D eigenvalue weighted by Crippen LogP contribution is -2.51. The number of hydrogen-bond donors (Lipinski definition) is 0. The first-order chi connectivity index (χ1) is 34.1. The van der Waals surface area contributed by atoms with Crippen LogP contribution < -0.4 is 0 Å². The lowest BCUT2D eigenvalue weighted by Gasteiger charge is -2.58. The first-order valence-electron chi connectivity index (χ1n) is 31.8. The molecule has 0 aromatic carbocycles. The second kappa shape index (κ2) is 23.9. The Morgan fingerprint density at radius 3 is 1.39 bits per heavy atom. The van der Waals surface area contributed by atoms with Crippen LogP contribution in [0.15, 0.2) is 23.3 Å². The van der Waals surface area contributed by atoms with Gasteiger partial charge in [-0.2, -0.15) is 0 Å². The van der Waals surface area contributed by atoms with Gasteiger partial charge in [-0.1, -0.05) is 131 Å². The molecule has 0 N–H and O–H groups in total. The maximum absolute atomic E-state index is 6.47. The zero-order valence-electron chi connectivity index (χ0n) is 48.4. The second-order valence-corrected chi connectivity index (χ2v) is 29.1. The molecule has 2 heterocycles. The lowest BCUT2D eigenvalue weighted by atomic mass is 9.47. The van der Waals surface area contributed by atoms with E-state index in [1.54, 1.807) is 11.1 Å². The maximum atomic E-state index is 6.47. The van der Waals surface area contributed by atoms with E-state index < -0.39 is 0 Å². The Kier molecular flexibility index (Phi) is 18.5. The van der Waals surface area contributed by atoms with Crippen LogP contribution >= 0.6 is 0 Å². The molecule has 0 spiro atoms. The van der Waals surface area contributed by atoms with Crippen molar-refractivity contribution < 1.29 is 14.2 Å². The van der Waals surface area contributed by atoms with Crippen molar-refractivity contribution in [3.63, 3.8) is 0 Å². The van der Waals surface area contributed by atoms with Crippen molar-refractivity contribution in [2.45, 2.75) is 236 Å². The van der Waals surface area contributed by atoms with Gasteiger partial charge < -0.3 is 19.1 Å². The molecule has 0 aromatic rings. The zero-order valence-corrected chi connectivity index (χ0v) is 48.4. The molecule has 16 atom stereocenters. The van der Waals surface area contributed by atoms with Crippen LogP contribution in [0.1, 0.15) is 223 Å². The molecule has 2 saturated heterocycles. The smallest absolute Gasteiger partial charge is 0.0613 e. The van der Waals surface area contributed by atoms with Gasteiger partial charge in [0, 0.05) is 26.2 Å². The molecule has 8 aliphatic carbocycles. The number of likely N-dealkylation sites (tertiary alicyclic amines) is 1. The summed E-state index contributed by atoms with van der Waals surface area (Å²) in [5.41, 5.74) is 5.66. The van der Waals surface area contributed by atoms with E-state index in [9.17, 15) is 0 Å². The zero-order chi connectivity index (χ0) is 50.0. The molecule has 8 fully saturated rings. The van der Waals surface area contributed by atoms with Crippen molar-refractivity contribution >= 4 is 0 Å². The van der Waals surface area contributed by atoms with Crippen molar-refractivity contribution in [3.05, 3.63) is 23.3 Å². The van der Waals surface area contributed by atoms with Gasteiger partial charge in [0.05, 0.1) is 38.6 Å². The highest BCUT2D eigenvalue weighted by Gasteiger charge is 2.61. The lowest BCUT2D eigenvalue weighted by molar-refractivity contribution is -0.0661. The molecule has 10 aliphatic rings. The summed E-state index contributed by atoms with van der Waals surface area (Å²) in [6.07, 6.45) is 40.1. The summed E-state index contributed by atoms with van der Waals surface area (Å²) in [5, 5.41) is 0. The molecular formula is C66H114N2O3. The third kappa shape index (κ3) is 11.9. The Morgan fingerprint density at radius 1 is 0.521 bits per heavy atom. The van der Waals surface area contributed by atoms with E-state index in [0.29, 0.717) is 33.9 Å². The minimum absolute atomic E-state index is 0.440. The molecule has 5 heteroatoms. The predicted octanol–water partition coefficient (Wildman–Crippen LogP) is 16.3. The molecule has 10 rings (SSSR count). The van der Waals surface area contributed by atoms with E-state index in [1.165, 1.54) is 167 Å². The predicted molar refractivity (Wildman–Crippen MR) is 299 cm³/mol. The SMILES string of the molecule is CC(C)CCC[C@@H](C)[C@H]1CC[C@H]2[C@@H]3CC=C4C[C@@H](OCCN5CCCC5)CC[C@]4(C)[C@H]3CC[C@]12C.CC(C)CCC[C@@H](C)[C@H]1CC[C@H]2[C@@H]3CC=C4C[C@@H](OCCN5CCOCC5)CC[C@]4(C)[C@H]3CC[C@]12C. The number of fused-ring (bicyclic) bond motifs is 10. The standard InChI is InChI=1S/C33H57NO2.C33H57NO/c1-24(2)7-6-8-25(3)29-11-12-30-28-10-9-26-23-27(36-22-19-34-17-20-35-21-18-34)13-15-32(26,4)31(28)14-16-33(29,30)5;1-24(2)9-8-10-25(3)29-13-14-30-28-12-11-26-23-27(35-22-21-34-19-6-7-20-34)15-17-32(26,4)31(28)16-18-33(29,30)5/h9,24-25,27-31H,6-8,10-23H2,1-5H3;11,24-25,27-31H,6-10,12-23H2,1-5H3/t2*25-,27+,28+,29-,30+,31+,32+,33-/m11/s1. The molecule has 0 amide bonds. The van der Waals surface area contributed by atoms with E-state index >= 15 is 0 Å². The minimum atomic E-state index is 0.440. The Balaban J connectivity index is 0.000000176. The van der Waals surface area contributed by atoms with Gasteiger partial charge in [0.2, 0.25) is 0 Å². The summed E-state index contributed by atoms with van der Waals surface area (Å²) < 4.78 is 18.4. The summed E-state index contributed by atoms with van der Waals surface area (Å²) in [6.45, 7) is 36.1. The fourth-order valence-electron chi connectivity index (χ4n) is 20.1. The summed E-state index contributed by atoms with van der Waals surface area (Å²) in [5.74, 6) is 11.1. The number of rotatable bonds is 18. The molecule has 406 valence electrons. The van der Waals surface area contributed by atoms with Gasteiger partial charge >= 0.3 is 0 Å². The number of ether oxygens (including phenoxy) is 3. The number of hydrogen-bond acceptors (Lipinski definition) is 5. The van der Waals surface area contributed by atoms with Gasteiger partial charge in [-0.25, -0.2) is 0 Å². The van der Waals surface area contributed by atoms with E-state index in [4.69, 9.17) is 14.2 Å². The molecule has 71 heavy (non-hydrogen) atoms. The fourth-order valence-corrected chi connectivity index (χ4v) is 20.1. The van der Waals surface area contributed by atoms with E-state index in [-0.39, 0.29) is 0 Å². The highest BCUT2D eigenvalue weighted by molar-refractivity contribution is 5.27. The normalized spacial score (nSPS) is 42.2. The summed E-state index contributed by atoms with van der Waals surface area (Å²) in [4.78, 5) is 5.09. The van der Waals surface area contributed by atoms with Crippen LogP contribution in [0.3, 0.4) is 0 Å². The van der Waals surface area contributed by atoms with Crippen molar-refractivity contribution in [2.24, 2.45) is 92.7 Å². The van der Waals surface area contributed by atoms with Gasteiger partial charge in [0.25, 0.3) is 0 Å². The van der Waals surface area contributed by atoms with Crippen LogP contribution in [0, 0.1) is 92.7 Å². The average Bonchev–Trinajstić information content (AvgIpc) is 4.09. The van der Waals surface area contributed by atoms with Gasteiger partial charge in [0.1, 0.15) is 0 Å².